The van der Waals surface area contributed by atoms with Gasteiger partial charge in [-0.1, -0.05) is 22.4 Å². The number of imidazole rings is 2. The number of halogens is 2. The van der Waals surface area contributed by atoms with E-state index < -0.39 is 17.7 Å². The number of hydrogen-bond donors (Lipinski definition) is 1. The van der Waals surface area contributed by atoms with Crippen LogP contribution in [-0.4, -0.2) is 66.7 Å². The summed E-state index contributed by atoms with van der Waals surface area (Å²) in [6.07, 6.45) is 6.05. The van der Waals surface area contributed by atoms with Gasteiger partial charge in [-0.2, -0.15) is 0 Å². The molecule has 8 heterocycles. The second-order valence-electron chi connectivity index (χ2n) is 18.3. The van der Waals surface area contributed by atoms with Gasteiger partial charge in [-0.25, -0.2) is 18.7 Å². The molecule has 4 fully saturated rings. The molecule has 11 rings (SSSR count). The van der Waals surface area contributed by atoms with Crippen LogP contribution in [0, 0.1) is 39.3 Å². The maximum Gasteiger partial charge on any atom is 0.227 e. The standard InChI is InChI=1S/C28H28F2N4O3.C22H26N4O3/c1-15-12-20(10-11-36-15)34-24-7-4-18(27-16(2)32-37-17(27)3)13-23(24)31-28(34)25-8-9-26(35)33(25)19-5-6-21(29)22(30)14-19;1-12-10-16(8-9-28-12)26-19-6-4-15(21-13(2)25-29-14(21)3)11-18(19)24-22(26)17-5-7-20(27)23-17/h4-7,13-15,20,25H,8-12H2,1-3H3;4,6,11-12,16-17H,5,7-10H2,1-3H3,(H,23,27)/t15?,20?,25-;12?,16?,17-/m00/s1. The molecule has 4 unspecified atom stereocenters. The molecule has 0 saturated carbocycles. The molecule has 14 nitrogen and oxygen atoms in total. The van der Waals surface area contributed by atoms with Crippen LogP contribution in [0.3, 0.4) is 0 Å². The van der Waals surface area contributed by atoms with E-state index in [0.29, 0.717) is 37.6 Å². The first-order valence-corrected chi connectivity index (χ1v) is 23.0. The van der Waals surface area contributed by atoms with Crippen molar-refractivity contribution in [3.05, 3.63) is 101 Å². The Morgan fingerprint density at radius 3 is 1.71 bits per heavy atom. The predicted octanol–water partition coefficient (Wildman–Crippen LogP) is 10.2. The lowest BCUT2D eigenvalue weighted by Gasteiger charge is -2.32. The van der Waals surface area contributed by atoms with Crippen LogP contribution in [-0.2, 0) is 19.1 Å². The summed E-state index contributed by atoms with van der Waals surface area (Å²) in [5.41, 5.74) is 9.82. The molecule has 344 valence electrons. The number of carbonyl (C=O) groups excluding carboxylic acids is 2. The Kier molecular flexibility index (Phi) is 11.6. The maximum absolute atomic E-state index is 14.2. The summed E-state index contributed by atoms with van der Waals surface area (Å²) in [7, 11) is 0. The van der Waals surface area contributed by atoms with Crippen molar-refractivity contribution in [1.82, 2.24) is 34.7 Å². The summed E-state index contributed by atoms with van der Waals surface area (Å²) in [5, 5.41) is 11.3. The molecule has 7 aromatic rings. The fourth-order valence-corrected chi connectivity index (χ4v) is 10.7. The largest absolute Gasteiger partial charge is 0.378 e. The molecule has 1 N–H and O–H groups in total. The summed E-state index contributed by atoms with van der Waals surface area (Å²) in [6, 6.07) is 16.1. The van der Waals surface area contributed by atoms with Gasteiger partial charge >= 0.3 is 0 Å². The summed E-state index contributed by atoms with van der Waals surface area (Å²) in [6.45, 7) is 13.3. The van der Waals surface area contributed by atoms with E-state index in [1.807, 2.05) is 39.8 Å². The molecule has 16 heteroatoms. The van der Waals surface area contributed by atoms with Gasteiger partial charge in [0.15, 0.2) is 11.6 Å². The van der Waals surface area contributed by atoms with Crippen molar-refractivity contribution >= 4 is 39.6 Å². The van der Waals surface area contributed by atoms with Crippen molar-refractivity contribution in [3.63, 3.8) is 0 Å². The van der Waals surface area contributed by atoms with E-state index in [1.165, 1.54) is 6.07 Å². The van der Waals surface area contributed by atoms with Gasteiger partial charge in [-0.3, -0.25) is 9.59 Å². The quantitative estimate of drug-likeness (QED) is 0.163. The van der Waals surface area contributed by atoms with Crippen molar-refractivity contribution in [3.8, 4) is 22.3 Å². The number of anilines is 1. The number of carbonyl (C=O) groups is 2. The fraction of sp³-hybridized carbons (Fsp3) is 0.440. The van der Waals surface area contributed by atoms with E-state index in [2.05, 4.69) is 62.9 Å². The second-order valence-corrected chi connectivity index (χ2v) is 18.3. The molecule has 0 radical (unpaired) electrons. The number of aryl methyl sites for hydroxylation is 4. The lowest BCUT2D eigenvalue weighted by Crippen LogP contribution is -2.32. The van der Waals surface area contributed by atoms with E-state index in [1.54, 1.807) is 4.90 Å². The first-order valence-electron chi connectivity index (χ1n) is 23.0. The second kappa shape index (κ2) is 17.5. The third kappa shape index (κ3) is 7.97. The average molecular weight is 901 g/mol. The molecule has 2 amide bonds. The molecule has 4 aliphatic rings. The number of amides is 2. The van der Waals surface area contributed by atoms with E-state index in [9.17, 15) is 18.4 Å². The Labute approximate surface area is 380 Å². The Balaban J connectivity index is 0.000000160. The lowest BCUT2D eigenvalue weighted by atomic mass is 10.0. The SMILES string of the molecule is Cc1noc(C)c1-c1ccc2c(c1)nc([C@@H]1CCC(=O)N1)n2C1CCOC(C)C1.Cc1noc(C)c1-c1ccc2c(c1)nc([C@@H]1CCC(=O)N1c1ccc(F)c(F)c1)n2C1CCOC(C)C1. The Hall–Kier alpha value is -6.26. The van der Waals surface area contributed by atoms with Crippen LogP contribution in [0.1, 0.15) is 124 Å². The van der Waals surface area contributed by atoms with Crippen LogP contribution in [0.5, 0.6) is 0 Å². The van der Waals surface area contributed by atoms with Crippen molar-refractivity contribution in [1.29, 1.82) is 0 Å². The topological polar surface area (TPSA) is 156 Å². The average Bonchev–Trinajstić information content (AvgIpc) is 4.16. The van der Waals surface area contributed by atoms with E-state index in [4.69, 9.17) is 28.5 Å². The third-order valence-electron chi connectivity index (χ3n) is 13.7. The number of hydrogen-bond acceptors (Lipinski definition) is 10. The van der Waals surface area contributed by atoms with Crippen LogP contribution in [0.2, 0.25) is 0 Å². The molecule has 0 bridgehead atoms. The molecule has 4 aromatic heterocycles. The van der Waals surface area contributed by atoms with Gasteiger partial charge < -0.3 is 37.9 Å². The molecular formula is C50H54F2N8O6. The third-order valence-corrected chi connectivity index (χ3v) is 13.7. The first-order chi connectivity index (χ1) is 31.8. The minimum Gasteiger partial charge on any atom is -0.378 e. The zero-order valence-electron chi connectivity index (χ0n) is 38.1. The summed E-state index contributed by atoms with van der Waals surface area (Å²) in [4.78, 5) is 36.6. The number of nitrogens with zero attached hydrogens (tertiary/aromatic N) is 7. The molecule has 0 spiro atoms. The smallest absolute Gasteiger partial charge is 0.227 e. The molecule has 6 atom stereocenters. The summed E-state index contributed by atoms with van der Waals surface area (Å²) >= 11 is 0. The number of benzene rings is 3. The summed E-state index contributed by atoms with van der Waals surface area (Å²) in [5.74, 6) is 1.30. The van der Waals surface area contributed by atoms with E-state index >= 15 is 0 Å². The minimum absolute atomic E-state index is 0.0319. The molecule has 4 aliphatic heterocycles. The van der Waals surface area contributed by atoms with Gasteiger partial charge in [0.1, 0.15) is 23.2 Å². The lowest BCUT2D eigenvalue weighted by molar-refractivity contribution is -0.119. The highest BCUT2D eigenvalue weighted by molar-refractivity contribution is 5.96. The Morgan fingerprint density at radius 1 is 0.652 bits per heavy atom. The van der Waals surface area contributed by atoms with Gasteiger partial charge in [0, 0.05) is 61.0 Å². The van der Waals surface area contributed by atoms with Crippen LogP contribution >= 0.6 is 0 Å². The van der Waals surface area contributed by atoms with Crippen molar-refractivity contribution in [2.45, 2.75) is 129 Å². The number of ether oxygens (including phenoxy) is 2. The van der Waals surface area contributed by atoms with Crippen LogP contribution in [0.15, 0.2) is 63.6 Å². The molecule has 66 heavy (non-hydrogen) atoms. The Morgan fingerprint density at radius 2 is 1.21 bits per heavy atom. The maximum atomic E-state index is 14.2. The molecule has 4 saturated heterocycles. The van der Waals surface area contributed by atoms with Gasteiger partial charge in [0.05, 0.1) is 57.7 Å². The number of nitrogens with one attached hydrogen (secondary N) is 1. The molecular weight excluding hydrogens is 847 g/mol. The number of rotatable bonds is 7. The number of aromatic nitrogens is 6. The van der Waals surface area contributed by atoms with Crippen LogP contribution in [0.25, 0.3) is 44.3 Å². The molecule has 3 aromatic carbocycles. The summed E-state index contributed by atoms with van der Waals surface area (Å²) < 4.78 is 54.7. The highest BCUT2D eigenvalue weighted by atomic mass is 19.2. The predicted molar refractivity (Wildman–Crippen MR) is 243 cm³/mol. The highest BCUT2D eigenvalue weighted by Gasteiger charge is 2.39. The van der Waals surface area contributed by atoms with Crippen molar-refractivity contribution < 1.29 is 36.9 Å². The number of fused-ring (bicyclic) bond motifs is 2. The van der Waals surface area contributed by atoms with Gasteiger partial charge in [-0.05, 0) is 128 Å². The highest BCUT2D eigenvalue weighted by Crippen LogP contribution is 2.43. The van der Waals surface area contributed by atoms with Gasteiger partial charge in [0.2, 0.25) is 11.8 Å². The first kappa shape index (κ1) is 43.6. The van der Waals surface area contributed by atoms with Crippen molar-refractivity contribution in [2.75, 3.05) is 18.1 Å². The van der Waals surface area contributed by atoms with Crippen LogP contribution in [0.4, 0.5) is 14.5 Å². The van der Waals surface area contributed by atoms with Gasteiger partial charge in [-0.15, -0.1) is 0 Å². The normalized spacial score (nSPS) is 23.5. The van der Waals surface area contributed by atoms with E-state index in [-0.39, 0.29) is 36.1 Å². The fourth-order valence-electron chi connectivity index (χ4n) is 10.7. The van der Waals surface area contributed by atoms with Crippen LogP contribution < -0.4 is 10.2 Å². The Bertz CT molecular complexity index is 2950. The zero-order chi connectivity index (χ0) is 46.0. The molecule has 0 aliphatic carbocycles. The minimum atomic E-state index is -0.980. The monoisotopic (exact) mass is 900 g/mol. The van der Waals surface area contributed by atoms with E-state index in [0.717, 1.165) is 130 Å². The zero-order valence-corrected chi connectivity index (χ0v) is 38.1. The van der Waals surface area contributed by atoms with Crippen molar-refractivity contribution in [2.24, 2.45) is 0 Å². The van der Waals surface area contributed by atoms with Gasteiger partial charge in [0.25, 0.3) is 0 Å².